The highest BCUT2D eigenvalue weighted by atomic mass is 16.5. The van der Waals surface area contributed by atoms with Crippen molar-refractivity contribution in [2.24, 2.45) is 5.92 Å². The molecule has 1 saturated carbocycles. The van der Waals surface area contributed by atoms with Gasteiger partial charge in [-0.15, -0.1) is 0 Å². The van der Waals surface area contributed by atoms with Gasteiger partial charge in [0.2, 0.25) is 11.8 Å². The number of nitrogens with one attached hydrogen (secondary N) is 1. The van der Waals surface area contributed by atoms with Gasteiger partial charge in [-0.05, 0) is 25.0 Å². The number of anilines is 1. The van der Waals surface area contributed by atoms with Crippen LogP contribution in [0.15, 0.2) is 24.3 Å². The quantitative estimate of drug-likeness (QED) is 0.798. The molecule has 0 radical (unpaired) electrons. The second-order valence-corrected chi connectivity index (χ2v) is 7.23. The highest BCUT2D eigenvalue weighted by Gasteiger charge is 2.45. The number of carbonyl (C=O) groups is 3. The molecular formula is C20H26N2O5. The van der Waals surface area contributed by atoms with Gasteiger partial charge < -0.3 is 19.7 Å². The lowest BCUT2D eigenvalue weighted by atomic mass is 9.81. The first-order chi connectivity index (χ1) is 13.0. The summed E-state index contributed by atoms with van der Waals surface area (Å²) in [6, 6.07) is 7.20. The van der Waals surface area contributed by atoms with Gasteiger partial charge in [0.1, 0.15) is 11.3 Å². The van der Waals surface area contributed by atoms with Crippen LogP contribution in [0.25, 0.3) is 0 Å². The topological polar surface area (TPSA) is 84.9 Å². The van der Waals surface area contributed by atoms with Crippen molar-refractivity contribution >= 4 is 23.5 Å². The fourth-order valence-electron chi connectivity index (χ4n) is 3.98. The van der Waals surface area contributed by atoms with Crippen molar-refractivity contribution in [2.75, 3.05) is 25.7 Å². The fraction of sp³-hybridized carbons (Fsp3) is 0.550. The molecule has 1 saturated heterocycles. The first-order valence-corrected chi connectivity index (χ1v) is 9.34. The number of hydrogen-bond acceptors (Lipinski definition) is 5. The monoisotopic (exact) mass is 374 g/mol. The molecule has 0 bridgehead atoms. The Morgan fingerprint density at radius 3 is 2.59 bits per heavy atom. The Morgan fingerprint density at radius 1 is 1.19 bits per heavy atom. The van der Waals surface area contributed by atoms with Crippen LogP contribution in [-0.4, -0.2) is 44.1 Å². The van der Waals surface area contributed by atoms with Crippen LogP contribution in [0.1, 0.15) is 38.5 Å². The van der Waals surface area contributed by atoms with Crippen LogP contribution in [0, 0.1) is 5.92 Å². The molecular weight excluding hydrogens is 348 g/mol. The van der Waals surface area contributed by atoms with E-state index >= 15 is 0 Å². The van der Waals surface area contributed by atoms with Gasteiger partial charge in [-0.1, -0.05) is 25.3 Å². The largest absolute Gasteiger partial charge is 0.497 e. The summed E-state index contributed by atoms with van der Waals surface area (Å²) in [7, 11) is 2.91. The SMILES string of the molecule is COC(=O)C1(NC(=O)C2CC(=O)N(c3cccc(OC)c3)C2)CCCCC1. The van der Waals surface area contributed by atoms with E-state index in [4.69, 9.17) is 9.47 Å². The predicted octanol–water partition coefficient (Wildman–Crippen LogP) is 2.04. The molecule has 2 aliphatic rings. The molecule has 1 aromatic carbocycles. The molecule has 1 atom stereocenters. The van der Waals surface area contributed by atoms with E-state index in [9.17, 15) is 14.4 Å². The molecule has 2 amide bonds. The third kappa shape index (κ3) is 3.91. The number of esters is 1. The summed E-state index contributed by atoms with van der Waals surface area (Å²) >= 11 is 0. The second-order valence-electron chi connectivity index (χ2n) is 7.23. The van der Waals surface area contributed by atoms with E-state index in [2.05, 4.69) is 5.32 Å². The van der Waals surface area contributed by atoms with Crippen LogP contribution in [0.5, 0.6) is 5.75 Å². The van der Waals surface area contributed by atoms with Gasteiger partial charge in [0, 0.05) is 24.7 Å². The Kier molecular flexibility index (Phi) is 5.68. The molecule has 27 heavy (non-hydrogen) atoms. The first-order valence-electron chi connectivity index (χ1n) is 9.34. The zero-order valence-electron chi connectivity index (χ0n) is 15.8. The Hall–Kier alpha value is -2.57. The van der Waals surface area contributed by atoms with Gasteiger partial charge in [-0.3, -0.25) is 9.59 Å². The smallest absolute Gasteiger partial charge is 0.331 e. The van der Waals surface area contributed by atoms with Crippen molar-refractivity contribution in [3.05, 3.63) is 24.3 Å². The van der Waals surface area contributed by atoms with Crippen molar-refractivity contribution in [2.45, 2.75) is 44.1 Å². The summed E-state index contributed by atoms with van der Waals surface area (Å²) in [4.78, 5) is 39.3. The minimum absolute atomic E-state index is 0.112. The molecule has 0 spiro atoms. The summed E-state index contributed by atoms with van der Waals surface area (Å²) in [5.41, 5.74) is -0.258. The van der Waals surface area contributed by atoms with E-state index in [1.165, 1.54) is 7.11 Å². The van der Waals surface area contributed by atoms with Crippen LogP contribution in [0.4, 0.5) is 5.69 Å². The summed E-state index contributed by atoms with van der Waals surface area (Å²) < 4.78 is 10.2. The molecule has 0 aromatic heterocycles. The normalized spacial score (nSPS) is 21.6. The maximum atomic E-state index is 12.9. The van der Waals surface area contributed by atoms with Crippen LogP contribution in [0.2, 0.25) is 0 Å². The predicted molar refractivity (Wildman–Crippen MR) is 99.4 cm³/mol. The average Bonchev–Trinajstić information content (AvgIpc) is 3.10. The lowest BCUT2D eigenvalue weighted by molar-refractivity contribution is -0.153. The highest BCUT2D eigenvalue weighted by Crippen LogP contribution is 2.32. The molecule has 2 fully saturated rings. The molecule has 1 N–H and O–H groups in total. The van der Waals surface area contributed by atoms with E-state index in [0.717, 1.165) is 19.3 Å². The highest BCUT2D eigenvalue weighted by molar-refractivity contribution is 6.01. The van der Waals surface area contributed by atoms with Crippen LogP contribution in [0.3, 0.4) is 0 Å². The van der Waals surface area contributed by atoms with Crippen LogP contribution < -0.4 is 15.0 Å². The average molecular weight is 374 g/mol. The zero-order chi connectivity index (χ0) is 19.4. The molecule has 3 rings (SSSR count). The van der Waals surface area contributed by atoms with Gasteiger partial charge in [-0.2, -0.15) is 0 Å². The molecule has 7 heteroatoms. The van der Waals surface area contributed by atoms with E-state index in [1.54, 1.807) is 24.1 Å². The minimum atomic E-state index is -0.962. The third-order valence-electron chi connectivity index (χ3n) is 5.51. The summed E-state index contributed by atoms with van der Waals surface area (Å²) in [6.07, 6.45) is 4.06. The number of benzene rings is 1. The first kappa shape index (κ1) is 19.2. The number of rotatable bonds is 5. The number of carbonyl (C=O) groups excluding carboxylic acids is 3. The second kappa shape index (κ2) is 7.98. The van der Waals surface area contributed by atoms with Gasteiger partial charge in [-0.25, -0.2) is 4.79 Å². The van der Waals surface area contributed by atoms with Gasteiger partial charge in [0.15, 0.2) is 0 Å². The summed E-state index contributed by atoms with van der Waals surface area (Å²) in [6.45, 7) is 0.287. The Labute approximate surface area is 159 Å². The molecule has 1 heterocycles. The van der Waals surface area contributed by atoms with E-state index in [0.29, 0.717) is 24.3 Å². The number of amides is 2. The van der Waals surface area contributed by atoms with E-state index < -0.39 is 17.4 Å². The lowest BCUT2D eigenvalue weighted by Crippen LogP contribution is -2.57. The molecule has 7 nitrogen and oxygen atoms in total. The number of hydrogen-bond donors (Lipinski definition) is 1. The van der Waals surface area contributed by atoms with Crippen LogP contribution >= 0.6 is 0 Å². The third-order valence-corrected chi connectivity index (χ3v) is 5.51. The lowest BCUT2D eigenvalue weighted by Gasteiger charge is -2.35. The van der Waals surface area contributed by atoms with E-state index in [1.807, 2.05) is 12.1 Å². The minimum Gasteiger partial charge on any atom is -0.497 e. The van der Waals surface area contributed by atoms with Gasteiger partial charge in [0.05, 0.1) is 20.1 Å². The Bertz CT molecular complexity index is 727. The van der Waals surface area contributed by atoms with Gasteiger partial charge >= 0.3 is 5.97 Å². The number of nitrogens with zero attached hydrogens (tertiary/aromatic N) is 1. The summed E-state index contributed by atoms with van der Waals surface area (Å²) in [5.74, 6) is -0.614. The van der Waals surface area contributed by atoms with Crippen molar-refractivity contribution in [3.63, 3.8) is 0 Å². The number of ether oxygens (including phenoxy) is 2. The van der Waals surface area contributed by atoms with Crippen molar-refractivity contribution in [3.8, 4) is 5.75 Å². The van der Waals surface area contributed by atoms with Gasteiger partial charge in [0.25, 0.3) is 0 Å². The summed E-state index contributed by atoms with van der Waals surface area (Å²) in [5, 5.41) is 2.92. The molecule has 1 aliphatic carbocycles. The van der Waals surface area contributed by atoms with Crippen molar-refractivity contribution < 1.29 is 23.9 Å². The van der Waals surface area contributed by atoms with E-state index in [-0.39, 0.29) is 24.8 Å². The maximum absolute atomic E-state index is 12.9. The Balaban J connectivity index is 1.72. The molecule has 1 aromatic rings. The molecule has 1 unspecified atom stereocenters. The molecule has 146 valence electrons. The Morgan fingerprint density at radius 2 is 1.93 bits per heavy atom. The molecule has 1 aliphatic heterocycles. The zero-order valence-corrected chi connectivity index (χ0v) is 15.8. The van der Waals surface area contributed by atoms with Crippen molar-refractivity contribution in [1.82, 2.24) is 5.32 Å². The number of methoxy groups -OCH3 is 2. The van der Waals surface area contributed by atoms with Crippen molar-refractivity contribution in [1.29, 1.82) is 0 Å². The standard InChI is InChI=1S/C20H26N2O5/c1-26-16-8-6-7-15(12-16)22-13-14(11-17(22)23)18(24)21-20(19(25)27-2)9-4-3-5-10-20/h6-8,12,14H,3-5,9-11,13H2,1-2H3,(H,21,24). The maximum Gasteiger partial charge on any atom is 0.331 e. The van der Waals surface area contributed by atoms with Crippen LogP contribution in [-0.2, 0) is 19.1 Å². The fourth-order valence-corrected chi connectivity index (χ4v) is 3.98.